The second kappa shape index (κ2) is 8.14. The van der Waals surface area contributed by atoms with Crippen LogP contribution < -0.4 is 0 Å². The summed E-state index contributed by atoms with van der Waals surface area (Å²) in [6, 6.07) is 3.18. The number of likely N-dealkylation sites (N-methyl/N-ethyl adjacent to an activating group) is 2. The quantitative estimate of drug-likeness (QED) is 0.741. The molecule has 1 saturated heterocycles. The van der Waals surface area contributed by atoms with Crippen LogP contribution in [0.1, 0.15) is 19.8 Å². The van der Waals surface area contributed by atoms with Gasteiger partial charge in [-0.1, -0.05) is 18.5 Å². The van der Waals surface area contributed by atoms with Crippen LogP contribution in [0.5, 0.6) is 0 Å². The molecule has 0 radical (unpaired) electrons. The van der Waals surface area contributed by atoms with Crippen molar-refractivity contribution in [3.63, 3.8) is 0 Å². The van der Waals surface area contributed by atoms with Crippen LogP contribution in [0, 0.1) is 0 Å². The summed E-state index contributed by atoms with van der Waals surface area (Å²) in [5, 5.41) is 0. The van der Waals surface area contributed by atoms with Gasteiger partial charge in [0.2, 0.25) is 5.91 Å². The molecule has 0 aliphatic carbocycles. The molecule has 0 unspecified atom stereocenters. The van der Waals surface area contributed by atoms with E-state index in [4.69, 9.17) is 11.6 Å². The van der Waals surface area contributed by atoms with E-state index in [0.717, 1.165) is 48.1 Å². The first-order chi connectivity index (χ1) is 11.3. The third-order valence-electron chi connectivity index (χ3n) is 4.52. The molecule has 1 aromatic heterocycles. The lowest BCUT2D eigenvalue weighted by Crippen LogP contribution is -2.48. The van der Waals surface area contributed by atoms with Crippen LogP contribution in [-0.4, -0.2) is 74.7 Å². The molecular formula is C15H24ClN3O3S2. The van der Waals surface area contributed by atoms with Crippen molar-refractivity contribution in [3.8, 4) is 0 Å². The third kappa shape index (κ3) is 4.49. The Morgan fingerprint density at radius 1 is 1.33 bits per heavy atom. The lowest BCUT2D eigenvalue weighted by atomic mass is 10.0. The van der Waals surface area contributed by atoms with Crippen molar-refractivity contribution in [3.05, 3.63) is 16.5 Å². The standard InChI is InChI=1S/C15H24ClN3O3S2/c1-4-19-9-7-12(8-10-19)18(3)14(20)11-17(2)24(21,22)15-6-5-13(16)23-15/h5-6,12H,4,7-11H2,1-3H3. The largest absolute Gasteiger partial charge is 0.342 e. The van der Waals surface area contributed by atoms with Crippen LogP contribution in [0.3, 0.4) is 0 Å². The summed E-state index contributed by atoms with van der Waals surface area (Å²) in [5.41, 5.74) is 0. The number of rotatable bonds is 6. The van der Waals surface area contributed by atoms with E-state index in [0.29, 0.717) is 4.34 Å². The Morgan fingerprint density at radius 2 is 1.96 bits per heavy atom. The summed E-state index contributed by atoms with van der Waals surface area (Å²) in [5.74, 6) is -0.182. The first kappa shape index (κ1) is 19.7. The van der Waals surface area contributed by atoms with Gasteiger partial charge in [-0.3, -0.25) is 4.79 Å². The number of hydrogen-bond acceptors (Lipinski definition) is 5. The summed E-state index contributed by atoms with van der Waals surface area (Å²) in [6.07, 6.45) is 1.85. The molecule has 0 saturated carbocycles. The summed E-state index contributed by atoms with van der Waals surface area (Å²) in [7, 11) is -0.493. The van der Waals surface area contributed by atoms with Gasteiger partial charge in [-0.05, 0) is 31.5 Å². The van der Waals surface area contributed by atoms with E-state index in [-0.39, 0.29) is 22.7 Å². The molecule has 24 heavy (non-hydrogen) atoms. The number of sulfonamides is 1. The average molecular weight is 394 g/mol. The predicted octanol–water partition coefficient (Wildman–Crippen LogP) is 1.96. The maximum atomic E-state index is 12.5. The summed E-state index contributed by atoms with van der Waals surface area (Å²) >= 11 is 6.80. The maximum absolute atomic E-state index is 12.5. The zero-order chi connectivity index (χ0) is 17.9. The maximum Gasteiger partial charge on any atom is 0.252 e. The highest BCUT2D eigenvalue weighted by molar-refractivity contribution is 7.91. The zero-order valence-electron chi connectivity index (χ0n) is 14.2. The summed E-state index contributed by atoms with van der Waals surface area (Å²) < 4.78 is 26.6. The van der Waals surface area contributed by atoms with Crippen LogP contribution in [0.4, 0.5) is 0 Å². The van der Waals surface area contributed by atoms with Gasteiger partial charge in [0.05, 0.1) is 10.9 Å². The Balaban J connectivity index is 1.96. The number of hydrogen-bond donors (Lipinski definition) is 0. The molecule has 2 heterocycles. The van der Waals surface area contributed by atoms with Gasteiger partial charge in [-0.25, -0.2) is 8.42 Å². The highest BCUT2D eigenvalue weighted by Gasteiger charge is 2.29. The molecule has 1 aliphatic rings. The van der Waals surface area contributed by atoms with E-state index in [1.165, 1.54) is 13.1 Å². The molecule has 0 aromatic carbocycles. The number of carbonyl (C=O) groups excluding carboxylic acids is 1. The van der Waals surface area contributed by atoms with Crippen LogP contribution in [0.15, 0.2) is 16.3 Å². The summed E-state index contributed by atoms with van der Waals surface area (Å²) in [6.45, 7) is 4.93. The second-order valence-corrected chi connectivity index (χ2v) is 9.98. The van der Waals surface area contributed by atoms with Gasteiger partial charge in [-0.2, -0.15) is 4.31 Å². The van der Waals surface area contributed by atoms with Gasteiger partial charge in [0, 0.05) is 33.2 Å². The molecule has 1 fully saturated rings. The third-order valence-corrected chi connectivity index (χ3v) is 8.02. The topological polar surface area (TPSA) is 60.9 Å². The minimum Gasteiger partial charge on any atom is -0.342 e. The van der Waals surface area contributed by atoms with Crippen molar-refractivity contribution in [2.75, 3.05) is 40.3 Å². The van der Waals surface area contributed by atoms with E-state index in [1.807, 2.05) is 0 Å². The Morgan fingerprint density at radius 3 is 2.46 bits per heavy atom. The van der Waals surface area contributed by atoms with E-state index < -0.39 is 10.0 Å². The molecular weight excluding hydrogens is 370 g/mol. The second-order valence-electron chi connectivity index (χ2n) is 5.99. The Kier molecular flexibility index (Phi) is 6.66. The SMILES string of the molecule is CCN1CCC(N(C)C(=O)CN(C)S(=O)(=O)c2ccc(Cl)s2)CC1. The molecule has 2 rings (SSSR count). The number of halogens is 1. The Hall–Kier alpha value is -0.670. The fourth-order valence-electron chi connectivity index (χ4n) is 2.80. The Labute approximate surface area is 153 Å². The number of likely N-dealkylation sites (tertiary alicyclic amines) is 1. The molecule has 1 aliphatic heterocycles. The van der Waals surface area contributed by atoms with Gasteiger partial charge in [0.15, 0.2) is 0 Å². The number of nitrogens with zero attached hydrogens (tertiary/aromatic N) is 3. The minimum absolute atomic E-state index is 0.154. The molecule has 0 bridgehead atoms. The fourth-order valence-corrected chi connectivity index (χ4v) is 5.62. The molecule has 136 valence electrons. The van der Waals surface area contributed by atoms with Gasteiger partial charge < -0.3 is 9.80 Å². The van der Waals surface area contributed by atoms with Gasteiger partial charge >= 0.3 is 0 Å². The summed E-state index contributed by atoms with van der Waals surface area (Å²) in [4.78, 5) is 16.5. The van der Waals surface area contributed by atoms with Crippen molar-refractivity contribution < 1.29 is 13.2 Å². The average Bonchev–Trinajstić information content (AvgIpc) is 3.01. The Bertz CT molecular complexity index is 669. The van der Waals surface area contributed by atoms with Crippen molar-refractivity contribution in [2.24, 2.45) is 0 Å². The van der Waals surface area contributed by atoms with Crippen molar-refractivity contribution in [1.82, 2.24) is 14.1 Å². The van der Waals surface area contributed by atoms with Crippen molar-refractivity contribution >= 4 is 38.9 Å². The van der Waals surface area contributed by atoms with E-state index >= 15 is 0 Å². The molecule has 0 N–H and O–H groups in total. The molecule has 1 aromatic rings. The lowest BCUT2D eigenvalue weighted by molar-refractivity contribution is -0.132. The number of thiophene rings is 1. The molecule has 0 atom stereocenters. The minimum atomic E-state index is -3.68. The first-order valence-corrected chi connectivity index (χ1v) is 10.6. The molecule has 1 amide bonds. The monoisotopic (exact) mass is 393 g/mol. The molecule has 6 nitrogen and oxygen atoms in total. The smallest absolute Gasteiger partial charge is 0.252 e. The van der Waals surface area contributed by atoms with Crippen LogP contribution in [0.25, 0.3) is 0 Å². The highest BCUT2D eigenvalue weighted by atomic mass is 35.5. The van der Waals surface area contributed by atoms with E-state index in [1.54, 1.807) is 18.0 Å². The van der Waals surface area contributed by atoms with Gasteiger partial charge in [-0.15, -0.1) is 11.3 Å². The first-order valence-electron chi connectivity index (χ1n) is 7.95. The number of piperidine rings is 1. The normalized spacial score (nSPS) is 17.4. The molecule has 0 spiro atoms. The van der Waals surface area contributed by atoms with E-state index in [9.17, 15) is 13.2 Å². The van der Waals surface area contributed by atoms with E-state index in [2.05, 4.69) is 11.8 Å². The molecule has 9 heteroatoms. The lowest BCUT2D eigenvalue weighted by Gasteiger charge is -2.36. The highest BCUT2D eigenvalue weighted by Crippen LogP contribution is 2.27. The van der Waals surface area contributed by atoms with Crippen LogP contribution in [-0.2, 0) is 14.8 Å². The van der Waals surface area contributed by atoms with Crippen molar-refractivity contribution in [1.29, 1.82) is 0 Å². The van der Waals surface area contributed by atoms with Crippen molar-refractivity contribution in [2.45, 2.75) is 30.0 Å². The van der Waals surface area contributed by atoms with Crippen LogP contribution >= 0.6 is 22.9 Å². The fraction of sp³-hybridized carbons (Fsp3) is 0.667. The van der Waals surface area contributed by atoms with Gasteiger partial charge in [0.25, 0.3) is 10.0 Å². The predicted molar refractivity (Wildman–Crippen MR) is 97.1 cm³/mol. The number of amides is 1. The van der Waals surface area contributed by atoms with Gasteiger partial charge in [0.1, 0.15) is 4.21 Å². The van der Waals surface area contributed by atoms with Crippen LogP contribution in [0.2, 0.25) is 4.34 Å². The number of carbonyl (C=O) groups is 1. The zero-order valence-corrected chi connectivity index (χ0v) is 16.6.